The van der Waals surface area contributed by atoms with Crippen molar-refractivity contribution >= 4 is 21.8 Å². The van der Waals surface area contributed by atoms with Crippen molar-refractivity contribution in [2.75, 3.05) is 12.8 Å². The molecule has 2 aromatic rings. The summed E-state index contributed by atoms with van der Waals surface area (Å²) in [6, 6.07) is 1.56. The number of halogens is 1. The molecule has 0 atom stereocenters. The fraction of sp³-hybridized carbons (Fsp3) is 0.250. The number of phenols is 1. The first-order valence-electron chi connectivity index (χ1n) is 5.25. The number of benzene rings is 1. The largest absolute Gasteiger partial charge is 0.504 e. The first-order chi connectivity index (χ1) is 8.47. The maximum absolute atomic E-state index is 10.3. The van der Waals surface area contributed by atoms with E-state index in [9.17, 15) is 5.11 Å². The lowest BCUT2D eigenvalue weighted by molar-refractivity contribution is 0.370. The van der Waals surface area contributed by atoms with Crippen molar-refractivity contribution in [2.24, 2.45) is 0 Å². The van der Waals surface area contributed by atoms with Crippen LogP contribution in [0.3, 0.4) is 0 Å². The minimum Gasteiger partial charge on any atom is -0.504 e. The summed E-state index contributed by atoms with van der Waals surface area (Å²) in [5.41, 5.74) is 8.19. The number of nitrogens with two attached hydrogens (primary N) is 1. The van der Waals surface area contributed by atoms with E-state index >= 15 is 0 Å². The molecule has 0 fully saturated rings. The number of aromatic nitrogens is 1. The standard InChI is InChI=1S/C12H13BrN2O3/c1-5-9(7-4-8(14)18-15-7)11(16)12(17-3)6(2)10(5)13/h4,16H,14H2,1-3H3. The predicted molar refractivity (Wildman–Crippen MR) is 71.7 cm³/mol. The number of ether oxygens (including phenoxy) is 1. The zero-order valence-electron chi connectivity index (χ0n) is 10.2. The minimum atomic E-state index is 0.0315. The van der Waals surface area contributed by atoms with Gasteiger partial charge in [-0.15, -0.1) is 0 Å². The molecule has 96 valence electrons. The zero-order valence-corrected chi connectivity index (χ0v) is 11.8. The molecule has 0 spiro atoms. The van der Waals surface area contributed by atoms with Crippen LogP contribution in [0.5, 0.6) is 11.5 Å². The third-order valence-electron chi connectivity index (χ3n) is 2.81. The molecule has 0 aliphatic heterocycles. The molecular weight excluding hydrogens is 300 g/mol. The Morgan fingerprint density at radius 3 is 2.56 bits per heavy atom. The smallest absolute Gasteiger partial charge is 0.222 e. The molecule has 0 amide bonds. The lowest BCUT2D eigenvalue weighted by Crippen LogP contribution is -1.95. The number of phenolic OH excluding ortho intramolecular Hbond substituents is 1. The van der Waals surface area contributed by atoms with Gasteiger partial charge in [-0.2, -0.15) is 0 Å². The maximum Gasteiger partial charge on any atom is 0.222 e. The SMILES string of the molecule is COc1c(C)c(Br)c(C)c(-c2cc(N)on2)c1O. The van der Waals surface area contributed by atoms with E-state index in [4.69, 9.17) is 15.0 Å². The van der Waals surface area contributed by atoms with Crippen molar-refractivity contribution in [1.82, 2.24) is 5.16 Å². The Balaban J connectivity index is 2.78. The molecule has 1 aromatic carbocycles. The third-order valence-corrected chi connectivity index (χ3v) is 4.00. The van der Waals surface area contributed by atoms with E-state index in [1.54, 1.807) is 6.07 Å². The second-order valence-electron chi connectivity index (χ2n) is 3.94. The molecule has 0 unspecified atom stereocenters. The Morgan fingerprint density at radius 2 is 2.06 bits per heavy atom. The number of methoxy groups -OCH3 is 1. The van der Waals surface area contributed by atoms with Crippen molar-refractivity contribution in [2.45, 2.75) is 13.8 Å². The van der Waals surface area contributed by atoms with Gasteiger partial charge in [-0.25, -0.2) is 0 Å². The highest BCUT2D eigenvalue weighted by Gasteiger charge is 2.22. The fourth-order valence-electron chi connectivity index (χ4n) is 1.93. The van der Waals surface area contributed by atoms with Crippen molar-refractivity contribution < 1.29 is 14.4 Å². The first kappa shape index (κ1) is 12.8. The molecule has 0 aliphatic rings. The number of aromatic hydroxyl groups is 1. The second-order valence-corrected chi connectivity index (χ2v) is 4.73. The Morgan fingerprint density at radius 1 is 1.39 bits per heavy atom. The molecule has 1 heterocycles. The highest BCUT2D eigenvalue weighted by atomic mass is 79.9. The summed E-state index contributed by atoms with van der Waals surface area (Å²) in [6.07, 6.45) is 0. The summed E-state index contributed by atoms with van der Waals surface area (Å²) in [5, 5.41) is 14.1. The molecule has 0 saturated heterocycles. The van der Waals surface area contributed by atoms with E-state index in [2.05, 4.69) is 21.1 Å². The lowest BCUT2D eigenvalue weighted by atomic mass is 10.0. The van der Waals surface area contributed by atoms with E-state index < -0.39 is 0 Å². The van der Waals surface area contributed by atoms with Crippen LogP contribution in [0.25, 0.3) is 11.3 Å². The molecule has 18 heavy (non-hydrogen) atoms. The van der Waals surface area contributed by atoms with Crippen molar-refractivity contribution in [1.29, 1.82) is 0 Å². The fourth-order valence-corrected chi connectivity index (χ4v) is 2.31. The Kier molecular flexibility index (Phi) is 3.21. The van der Waals surface area contributed by atoms with Gasteiger partial charge in [0.1, 0.15) is 5.69 Å². The van der Waals surface area contributed by atoms with Crippen molar-refractivity contribution in [3.63, 3.8) is 0 Å². The summed E-state index contributed by atoms with van der Waals surface area (Å²) in [6.45, 7) is 3.73. The third kappa shape index (κ3) is 1.82. The van der Waals surface area contributed by atoms with E-state index in [0.29, 0.717) is 17.0 Å². The summed E-state index contributed by atoms with van der Waals surface area (Å²) < 4.78 is 10.9. The van der Waals surface area contributed by atoms with Crippen LogP contribution in [0.15, 0.2) is 15.1 Å². The average Bonchev–Trinajstić information content (AvgIpc) is 2.74. The highest BCUT2D eigenvalue weighted by molar-refractivity contribution is 9.10. The summed E-state index contributed by atoms with van der Waals surface area (Å²) >= 11 is 3.48. The van der Waals surface area contributed by atoms with Crippen LogP contribution in [0, 0.1) is 13.8 Å². The van der Waals surface area contributed by atoms with Gasteiger partial charge < -0.3 is 20.1 Å². The maximum atomic E-state index is 10.3. The highest BCUT2D eigenvalue weighted by Crippen LogP contribution is 2.45. The topological polar surface area (TPSA) is 81.5 Å². The summed E-state index contributed by atoms with van der Waals surface area (Å²) in [5.74, 6) is 0.632. The van der Waals surface area contributed by atoms with E-state index in [1.807, 2.05) is 13.8 Å². The normalized spacial score (nSPS) is 10.7. The molecule has 0 saturated carbocycles. The molecule has 1 aromatic heterocycles. The Labute approximate surface area is 113 Å². The van der Waals surface area contributed by atoms with Gasteiger partial charge in [-0.05, 0) is 19.4 Å². The number of hydrogen-bond acceptors (Lipinski definition) is 5. The van der Waals surface area contributed by atoms with Gasteiger partial charge >= 0.3 is 0 Å². The van der Waals surface area contributed by atoms with E-state index in [-0.39, 0.29) is 11.6 Å². The molecule has 0 radical (unpaired) electrons. The van der Waals surface area contributed by atoms with Gasteiger partial charge in [-0.3, -0.25) is 0 Å². The number of nitrogens with zero attached hydrogens (tertiary/aromatic N) is 1. The van der Waals surface area contributed by atoms with Crippen LogP contribution in [0.1, 0.15) is 11.1 Å². The second kappa shape index (κ2) is 4.53. The van der Waals surface area contributed by atoms with Crippen LogP contribution in [-0.4, -0.2) is 17.4 Å². The van der Waals surface area contributed by atoms with Gasteiger partial charge in [0.25, 0.3) is 0 Å². The number of rotatable bonds is 2. The van der Waals surface area contributed by atoms with Crippen LogP contribution in [-0.2, 0) is 0 Å². The molecule has 0 aliphatic carbocycles. The molecule has 6 heteroatoms. The monoisotopic (exact) mass is 312 g/mol. The van der Waals surface area contributed by atoms with E-state index in [0.717, 1.165) is 15.6 Å². The Bertz CT molecular complexity index is 608. The zero-order chi connectivity index (χ0) is 13.4. The predicted octanol–water partition coefficient (Wildman–Crippen LogP) is 3.02. The molecule has 2 rings (SSSR count). The average molecular weight is 313 g/mol. The van der Waals surface area contributed by atoms with E-state index in [1.165, 1.54) is 7.11 Å². The van der Waals surface area contributed by atoms with Gasteiger partial charge in [0.15, 0.2) is 11.5 Å². The first-order valence-corrected chi connectivity index (χ1v) is 6.04. The summed E-state index contributed by atoms with van der Waals surface area (Å²) in [4.78, 5) is 0. The van der Waals surface area contributed by atoms with Gasteiger partial charge in [-0.1, -0.05) is 21.1 Å². The molecule has 3 N–H and O–H groups in total. The van der Waals surface area contributed by atoms with Crippen LogP contribution < -0.4 is 10.5 Å². The number of hydrogen-bond donors (Lipinski definition) is 2. The van der Waals surface area contributed by atoms with Crippen molar-refractivity contribution in [3.8, 4) is 22.8 Å². The van der Waals surface area contributed by atoms with Crippen LogP contribution in [0.2, 0.25) is 0 Å². The van der Waals surface area contributed by atoms with Crippen molar-refractivity contribution in [3.05, 3.63) is 21.7 Å². The Hall–Kier alpha value is -1.69. The number of anilines is 1. The minimum absolute atomic E-state index is 0.0315. The van der Waals surface area contributed by atoms with Gasteiger partial charge in [0.05, 0.1) is 12.7 Å². The van der Waals surface area contributed by atoms with Gasteiger partial charge in [0.2, 0.25) is 5.88 Å². The quantitative estimate of drug-likeness (QED) is 0.890. The van der Waals surface area contributed by atoms with Crippen LogP contribution >= 0.6 is 15.9 Å². The summed E-state index contributed by atoms with van der Waals surface area (Å²) in [7, 11) is 1.50. The molecule has 0 bridgehead atoms. The van der Waals surface area contributed by atoms with Gasteiger partial charge in [0, 0.05) is 16.1 Å². The number of nitrogen functional groups attached to an aromatic ring is 1. The molecule has 5 nitrogen and oxygen atoms in total. The molecular formula is C12H13BrN2O3. The van der Waals surface area contributed by atoms with Crippen LogP contribution in [0.4, 0.5) is 5.88 Å². The lowest BCUT2D eigenvalue weighted by Gasteiger charge is -2.15.